The lowest BCUT2D eigenvalue weighted by atomic mass is 10.0. The van der Waals surface area contributed by atoms with Gasteiger partial charge in [-0.3, -0.25) is 4.79 Å². The third kappa shape index (κ3) is 3.32. The zero-order valence-corrected chi connectivity index (χ0v) is 12.1. The van der Waals surface area contributed by atoms with Crippen LogP contribution >= 0.6 is 0 Å². The van der Waals surface area contributed by atoms with Gasteiger partial charge in [-0.1, -0.05) is 54.6 Å². The molecule has 0 heterocycles. The van der Waals surface area contributed by atoms with Crippen molar-refractivity contribution in [1.82, 2.24) is 0 Å². The molecule has 0 fully saturated rings. The van der Waals surface area contributed by atoms with E-state index in [1.165, 1.54) is 5.39 Å². The number of aliphatic hydroxyl groups is 1. The molecule has 1 amide bonds. The Morgan fingerprint density at radius 1 is 0.864 bits per heavy atom. The molecule has 0 radical (unpaired) electrons. The molecule has 0 saturated heterocycles. The van der Waals surface area contributed by atoms with E-state index in [0.717, 1.165) is 16.5 Å². The summed E-state index contributed by atoms with van der Waals surface area (Å²) in [6, 6.07) is 21.4. The molecule has 2 N–H and O–H groups in total. The van der Waals surface area contributed by atoms with Crippen LogP contribution in [0.3, 0.4) is 0 Å². The molecule has 3 heteroatoms. The second-order valence-corrected chi connectivity index (χ2v) is 5.26. The van der Waals surface area contributed by atoms with Gasteiger partial charge in [0.15, 0.2) is 0 Å². The van der Waals surface area contributed by atoms with Crippen LogP contribution in [-0.4, -0.2) is 11.0 Å². The number of hydrogen-bond donors (Lipinski definition) is 2. The lowest BCUT2D eigenvalue weighted by molar-refractivity contribution is -0.115. The van der Waals surface area contributed by atoms with E-state index in [4.69, 9.17) is 5.11 Å². The van der Waals surface area contributed by atoms with Crippen LogP contribution in [0.4, 0.5) is 5.69 Å². The molecular formula is C19H17NO2. The summed E-state index contributed by atoms with van der Waals surface area (Å²) < 4.78 is 0. The van der Waals surface area contributed by atoms with Crippen molar-refractivity contribution in [3.8, 4) is 0 Å². The average Bonchev–Trinajstić information content (AvgIpc) is 2.55. The number of carbonyl (C=O) groups is 1. The minimum atomic E-state index is -0.0645. The molecule has 0 spiro atoms. The molecule has 0 bridgehead atoms. The summed E-state index contributed by atoms with van der Waals surface area (Å²) in [5, 5.41) is 14.3. The molecule has 0 saturated carbocycles. The highest BCUT2D eigenvalue weighted by Gasteiger charge is 2.05. The number of benzene rings is 3. The van der Waals surface area contributed by atoms with Crippen molar-refractivity contribution in [3.05, 3.63) is 77.9 Å². The van der Waals surface area contributed by atoms with Crippen molar-refractivity contribution in [2.24, 2.45) is 0 Å². The smallest absolute Gasteiger partial charge is 0.228 e. The Bertz CT molecular complexity index is 811. The first kappa shape index (κ1) is 14.3. The van der Waals surface area contributed by atoms with E-state index in [1.807, 2.05) is 54.6 Å². The van der Waals surface area contributed by atoms with Crippen molar-refractivity contribution in [2.45, 2.75) is 13.0 Å². The summed E-state index contributed by atoms with van der Waals surface area (Å²) in [7, 11) is 0. The first-order chi connectivity index (χ1) is 10.7. The Kier molecular flexibility index (Phi) is 4.17. The van der Waals surface area contributed by atoms with Crippen molar-refractivity contribution in [2.75, 3.05) is 5.32 Å². The van der Waals surface area contributed by atoms with Crippen molar-refractivity contribution in [1.29, 1.82) is 0 Å². The van der Waals surface area contributed by atoms with Crippen molar-refractivity contribution in [3.63, 3.8) is 0 Å². The minimum absolute atomic E-state index is 0.0333. The van der Waals surface area contributed by atoms with Crippen LogP contribution in [0.1, 0.15) is 11.1 Å². The van der Waals surface area contributed by atoms with Gasteiger partial charge in [-0.2, -0.15) is 0 Å². The Hall–Kier alpha value is -2.65. The highest BCUT2D eigenvalue weighted by molar-refractivity contribution is 5.93. The Morgan fingerprint density at radius 3 is 2.50 bits per heavy atom. The third-order valence-electron chi connectivity index (χ3n) is 3.57. The number of anilines is 1. The quantitative estimate of drug-likeness (QED) is 0.772. The molecule has 3 nitrogen and oxygen atoms in total. The predicted molar refractivity (Wildman–Crippen MR) is 88.6 cm³/mol. The fourth-order valence-corrected chi connectivity index (χ4v) is 2.49. The standard InChI is InChI=1S/C19H17NO2/c21-13-15-4-3-7-18(11-15)20-19(22)12-14-8-9-16-5-1-2-6-17(16)10-14/h1-11,21H,12-13H2,(H,20,22). The molecule has 0 aliphatic rings. The molecule has 0 aliphatic heterocycles. The monoisotopic (exact) mass is 291 g/mol. The van der Waals surface area contributed by atoms with Gasteiger partial charge in [-0.25, -0.2) is 0 Å². The van der Waals surface area contributed by atoms with Gasteiger partial charge in [0.2, 0.25) is 5.91 Å². The van der Waals surface area contributed by atoms with Gasteiger partial charge in [0.05, 0.1) is 13.0 Å². The van der Waals surface area contributed by atoms with Gasteiger partial charge in [0, 0.05) is 5.69 Å². The molecular weight excluding hydrogens is 274 g/mol. The summed E-state index contributed by atoms with van der Waals surface area (Å²) in [5.74, 6) is -0.0645. The molecule has 0 aromatic heterocycles. The van der Waals surface area contributed by atoms with Crippen LogP contribution in [0.5, 0.6) is 0 Å². The van der Waals surface area contributed by atoms with E-state index in [9.17, 15) is 4.79 Å². The van der Waals surface area contributed by atoms with E-state index in [0.29, 0.717) is 12.1 Å². The molecule has 3 aromatic carbocycles. The highest BCUT2D eigenvalue weighted by atomic mass is 16.3. The van der Waals surface area contributed by atoms with Gasteiger partial charge in [0.25, 0.3) is 0 Å². The van der Waals surface area contributed by atoms with Gasteiger partial charge in [0.1, 0.15) is 0 Å². The number of hydrogen-bond acceptors (Lipinski definition) is 2. The van der Waals surface area contributed by atoms with E-state index in [2.05, 4.69) is 11.4 Å². The number of amides is 1. The van der Waals surface area contributed by atoms with E-state index in [-0.39, 0.29) is 12.5 Å². The molecule has 0 aliphatic carbocycles. The maximum Gasteiger partial charge on any atom is 0.228 e. The first-order valence-electron chi connectivity index (χ1n) is 7.22. The zero-order chi connectivity index (χ0) is 15.4. The molecule has 3 aromatic rings. The van der Waals surface area contributed by atoms with Gasteiger partial charge in [-0.05, 0) is 34.0 Å². The van der Waals surface area contributed by atoms with Gasteiger partial charge >= 0.3 is 0 Å². The maximum absolute atomic E-state index is 12.1. The normalized spacial score (nSPS) is 10.6. The van der Waals surface area contributed by atoms with Gasteiger partial charge in [-0.15, -0.1) is 0 Å². The molecule has 0 unspecified atom stereocenters. The fourth-order valence-electron chi connectivity index (χ4n) is 2.49. The van der Waals surface area contributed by atoms with Crippen molar-refractivity contribution >= 4 is 22.4 Å². The number of aliphatic hydroxyl groups excluding tert-OH is 1. The van der Waals surface area contributed by atoms with Crippen LogP contribution < -0.4 is 5.32 Å². The molecule has 110 valence electrons. The lowest BCUT2D eigenvalue weighted by Crippen LogP contribution is -2.14. The summed E-state index contributed by atoms with van der Waals surface area (Å²) in [5.41, 5.74) is 2.47. The topological polar surface area (TPSA) is 49.3 Å². The second kappa shape index (κ2) is 6.41. The molecule has 0 atom stereocenters. The number of fused-ring (bicyclic) bond motifs is 1. The van der Waals surface area contributed by atoms with Crippen molar-refractivity contribution < 1.29 is 9.90 Å². The maximum atomic E-state index is 12.1. The largest absolute Gasteiger partial charge is 0.392 e. The number of carbonyl (C=O) groups excluding carboxylic acids is 1. The van der Waals surface area contributed by atoms with Crippen LogP contribution in [0, 0.1) is 0 Å². The Morgan fingerprint density at radius 2 is 1.68 bits per heavy atom. The summed E-state index contributed by atoms with van der Waals surface area (Å²) >= 11 is 0. The average molecular weight is 291 g/mol. The van der Waals surface area contributed by atoms with E-state index >= 15 is 0 Å². The van der Waals surface area contributed by atoms with Crippen LogP contribution in [0.25, 0.3) is 10.8 Å². The Labute approximate surface area is 129 Å². The van der Waals surface area contributed by atoms with Crippen LogP contribution in [0.2, 0.25) is 0 Å². The summed E-state index contributed by atoms with van der Waals surface area (Å²) in [6.45, 7) is -0.0333. The number of nitrogens with one attached hydrogen (secondary N) is 1. The lowest BCUT2D eigenvalue weighted by Gasteiger charge is -2.07. The highest BCUT2D eigenvalue weighted by Crippen LogP contribution is 2.17. The first-order valence-corrected chi connectivity index (χ1v) is 7.22. The SMILES string of the molecule is O=C(Cc1ccc2ccccc2c1)Nc1cccc(CO)c1. The minimum Gasteiger partial charge on any atom is -0.392 e. The summed E-state index contributed by atoms with van der Waals surface area (Å²) in [4.78, 5) is 12.1. The van der Waals surface area contributed by atoms with E-state index < -0.39 is 0 Å². The molecule has 3 rings (SSSR count). The zero-order valence-electron chi connectivity index (χ0n) is 12.1. The second-order valence-electron chi connectivity index (χ2n) is 5.26. The molecule has 22 heavy (non-hydrogen) atoms. The van der Waals surface area contributed by atoms with E-state index in [1.54, 1.807) is 6.07 Å². The fraction of sp³-hybridized carbons (Fsp3) is 0.105. The summed E-state index contributed by atoms with van der Waals surface area (Å²) in [6.07, 6.45) is 0.328. The van der Waals surface area contributed by atoms with Crippen LogP contribution in [-0.2, 0) is 17.8 Å². The number of rotatable bonds is 4. The Balaban J connectivity index is 1.72. The van der Waals surface area contributed by atoms with Gasteiger partial charge < -0.3 is 10.4 Å². The predicted octanol–water partition coefficient (Wildman–Crippen LogP) is 3.51. The van der Waals surface area contributed by atoms with Crippen LogP contribution in [0.15, 0.2) is 66.7 Å². The third-order valence-corrected chi connectivity index (χ3v) is 3.57.